The van der Waals surface area contributed by atoms with Crippen molar-refractivity contribution in [1.29, 1.82) is 0 Å². The number of nitrogens with zero attached hydrogens (tertiary/aromatic N) is 1. The molecule has 0 aliphatic heterocycles. The fourth-order valence-electron chi connectivity index (χ4n) is 1.81. The van der Waals surface area contributed by atoms with Crippen LogP contribution in [0.2, 0.25) is 10.0 Å². The average Bonchev–Trinajstić information content (AvgIpc) is 2.43. The minimum atomic E-state index is -0.886. The molecule has 0 heterocycles. The van der Waals surface area contributed by atoms with E-state index in [0.29, 0.717) is 28.5 Å². The average molecular weight is 347 g/mol. The van der Waals surface area contributed by atoms with Crippen molar-refractivity contribution in [3.8, 4) is 0 Å². The van der Waals surface area contributed by atoms with E-state index >= 15 is 0 Å². The first-order valence-corrected chi connectivity index (χ1v) is 7.66. The minimum Gasteiger partial charge on any atom is -0.387 e. The lowest BCUT2D eigenvalue weighted by Gasteiger charge is -2.13. The van der Waals surface area contributed by atoms with Gasteiger partial charge in [0.1, 0.15) is 0 Å². The molecular weight excluding hydrogens is 327 g/mol. The van der Waals surface area contributed by atoms with Crippen LogP contribution in [0.15, 0.2) is 18.2 Å². The van der Waals surface area contributed by atoms with Crippen LogP contribution in [-0.4, -0.2) is 42.5 Å². The molecule has 122 valence electrons. The first-order valence-electron chi connectivity index (χ1n) is 6.90. The first kappa shape index (κ1) is 18.7. The molecule has 0 aliphatic carbocycles. The van der Waals surface area contributed by atoms with Gasteiger partial charge in [-0.1, -0.05) is 23.2 Å². The van der Waals surface area contributed by atoms with E-state index in [1.54, 1.807) is 32.3 Å². The number of halogens is 2. The Labute approximate surface area is 140 Å². The number of aliphatic hydroxyl groups excluding tert-OH is 1. The van der Waals surface area contributed by atoms with Gasteiger partial charge in [0.05, 0.1) is 6.10 Å². The smallest absolute Gasteiger partial charge is 0.222 e. The monoisotopic (exact) mass is 346 g/mol. The molecule has 7 heteroatoms. The molecule has 1 unspecified atom stereocenters. The Morgan fingerprint density at radius 2 is 1.77 bits per heavy atom. The highest BCUT2D eigenvalue weighted by Crippen LogP contribution is 2.23. The van der Waals surface area contributed by atoms with Gasteiger partial charge in [0.2, 0.25) is 11.8 Å². The Morgan fingerprint density at radius 1 is 1.18 bits per heavy atom. The third-order valence-corrected chi connectivity index (χ3v) is 3.49. The second-order valence-corrected chi connectivity index (χ2v) is 6.04. The summed E-state index contributed by atoms with van der Waals surface area (Å²) in [4.78, 5) is 24.5. The molecule has 0 aliphatic rings. The van der Waals surface area contributed by atoms with Crippen molar-refractivity contribution in [2.24, 2.45) is 0 Å². The van der Waals surface area contributed by atoms with Gasteiger partial charge in [-0.2, -0.15) is 0 Å². The second kappa shape index (κ2) is 8.98. The molecule has 0 radical (unpaired) electrons. The SMILES string of the molecule is CN(C)C(=O)CCCC(=O)NCC(O)c1cc(Cl)cc(Cl)c1. The minimum absolute atomic E-state index is 0.0126. The van der Waals surface area contributed by atoms with Gasteiger partial charge in [-0.25, -0.2) is 0 Å². The van der Waals surface area contributed by atoms with Gasteiger partial charge in [0.25, 0.3) is 0 Å². The lowest BCUT2D eigenvalue weighted by Crippen LogP contribution is -2.28. The fourth-order valence-corrected chi connectivity index (χ4v) is 2.35. The molecule has 1 aromatic rings. The van der Waals surface area contributed by atoms with E-state index in [1.165, 1.54) is 4.90 Å². The molecule has 0 aromatic heterocycles. The van der Waals surface area contributed by atoms with Crippen molar-refractivity contribution in [3.63, 3.8) is 0 Å². The molecule has 22 heavy (non-hydrogen) atoms. The number of hydrogen-bond donors (Lipinski definition) is 2. The molecule has 1 atom stereocenters. The molecule has 2 N–H and O–H groups in total. The number of benzene rings is 1. The van der Waals surface area contributed by atoms with Crippen LogP contribution in [0, 0.1) is 0 Å². The van der Waals surface area contributed by atoms with Crippen LogP contribution in [0.5, 0.6) is 0 Å². The Kier molecular flexibility index (Phi) is 7.65. The zero-order chi connectivity index (χ0) is 16.7. The van der Waals surface area contributed by atoms with Gasteiger partial charge in [0.15, 0.2) is 0 Å². The second-order valence-electron chi connectivity index (χ2n) is 5.16. The lowest BCUT2D eigenvalue weighted by molar-refractivity contribution is -0.129. The predicted octanol–water partition coefficient (Wildman–Crippen LogP) is 2.40. The molecule has 0 spiro atoms. The predicted molar refractivity (Wildman–Crippen MR) is 87.0 cm³/mol. The summed E-state index contributed by atoms with van der Waals surface area (Å²) in [6, 6.07) is 4.76. The fraction of sp³-hybridized carbons (Fsp3) is 0.467. The van der Waals surface area contributed by atoms with Gasteiger partial charge in [-0.3, -0.25) is 9.59 Å². The Morgan fingerprint density at radius 3 is 2.32 bits per heavy atom. The summed E-state index contributed by atoms with van der Waals surface area (Å²) >= 11 is 11.7. The summed E-state index contributed by atoms with van der Waals surface area (Å²) in [7, 11) is 3.35. The van der Waals surface area contributed by atoms with E-state index in [4.69, 9.17) is 23.2 Å². The number of aliphatic hydroxyl groups is 1. The Bertz CT molecular complexity index is 515. The summed E-state index contributed by atoms with van der Waals surface area (Å²) in [6.07, 6.45) is 0.154. The molecular formula is C15H20Cl2N2O3. The van der Waals surface area contributed by atoms with Crippen LogP contribution in [0.25, 0.3) is 0 Å². The largest absolute Gasteiger partial charge is 0.387 e. The molecule has 1 aromatic carbocycles. The number of amides is 2. The van der Waals surface area contributed by atoms with Crippen LogP contribution in [0.4, 0.5) is 0 Å². The van der Waals surface area contributed by atoms with Gasteiger partial charge in [-0.15, -0.1) is 0 Å². The van der Waals surface area contributed by atoms with E-state index in [9.17, 15) is 14.7 Å². The highest BCUT2D eigenvalue weighted by Gasteiger charge is 2.12. The van der Waals surface area contributed by atoms with Crippen LogP contribution in [0.1, 0.15) is 30.9 Å². The summed E-state index contributed by atoms with van der Waals surface area (Å²) in [6.45, 7) is 0.0666. The van der Waals surface area contributed by atoms with Crippen LogP contribution < -0.4 is 5.32 Å². The van der Waals surface area contributed by atoms with Crippen molar-refractivity contribution < 1.29 is 14.7 Å². The number of rotatable bonds is 7. The third kappa shape index (κ3) is 6.64. The number of carbonyl (C=O) groups excluding carboxylic acids is 2. The molecule has 0 bridgehead atoms. The summed E-state index contributed by atoms with van der Waals surface area (Å²) in [5.41, 5.74) is 0.542. The highest BCUT2D eigenvalue weighted by atomic mass is 35.5. The van der Waals surface area contributed by atoms with Crippen LogP contribution in [0.3, 0.4) is 0 Å². The third-order valence-electron chi connectivity index (χ3n) is 3.06. The van der Waals surface area contributed by atoms with Crippen molar-refractivity contribution >= 4 is 35.0 Å². The van der Waals surface area contributed by atoms with Crippen LogP contribution >= 0.6 is 23.2 Å². The zero-order valence-electron chi connectivity index (χ0n) is 12.6. The molecule has 0 fully saturated rings. The molecule has 5 nitrogen and oxygen atoms in total. The van der Waals surface area contributed by atoms with Gasteiger partial charge in [0, 0.05) is 43.5 Å². The molecule has 1 rings (SSSR count). The first-order chi connectivity index (χ1) is 10.3. The summed E-state index contributed by atoms with van der Waals surface area (Å²) in [5.74, 6) is -0.222. The topological polar surface area (TPSA) is 69.6 Å². The van der Waals surface area contributed by atoms with Crippen molar-refractivity contribution in [2.75, 3.05) is 20.6 Å². The van der Waals surface area contributed by atoms with E-state index in [0.717, 1.165) is 0 Å². The zero-order valence-corrected chi connectivity index (χ0v) is 14.1. The van der Waals surface area contributed by atoms with Crippen molar-refractivity contribution in [1.82, 2.24) is 10.2 Å². The Hall–Kier alpha value is -1.30. The molecule has 0 saturated carbocycles. The van der Waals surface area contributed by atoms with E-state index in [2.05, 4.69) is 5.32 Å². The summed E-state index contributed by atoms with van der Waals surface area (Å²) in [5, 5.41) is 13.5. The normalized spacial score (nSPS) is 11.9. The highest BCUT2D eigenvalue weighted by molar-refractivity contribution is 6.34. The number of nitrogens with one attached hydrogen (secondary N) is 1. The van der Waals surface area contributed by atoms with Gasteiger partial charge in [-0.05, 0) is 30.2 Å². The van der Waals surface area contributed by atoms with E-state index in [1.807, 2.05) is 0 Å². The Balaban J connectivity index is 2.35. The van der Waals surface area contributed by atoms with Crippen molar-refractivity contribution in [2.45, 2.75) is 25.4 Å². The van der Waals surface area contributed by atoms with Crippen LogP contribution in [-0.2, 0) is 9.59 Å². The summed E-state index contributed by atoms with van der Waals surface area (Å²) < 4.78 is 0. The van der Waals surface area contributed by atoms with E-state index in [-0.39, 0.29) is 24.8 Å². The standard InChI is InChI=1S/C15H20Cl2N2O3/c1-19(2)15(22)5-3-4-14(21)18-9-13(20)10-6-11(16)8-12(17)7-10/h6-8,13,20H,3-5,9H2,1-2H3,(H,18,21). The maximum Gasteiger partial charge on any atom is 0.222 e. The van der Waals surface area contributed by atoms with Crippen molar-refractivity contribution in [3.05, 3.63) is 33.8 Å². The number of carbonyl (C=O) groups is 2. The maximum atomic E-state index is 11.7. The molecule has 0 saturated heterocycles. The molecule has 2 amide bonds. The van der Waals surface area contributed by atoms with E-state index < -0.39 is 6.10 Å². The number of hydrogen-bond acceptors (Lipinski definition) is 3. The lowest BCUT2D eigenvalue weighted by atomic mass is 10.1. The van der Waals surface area contributed by atoms with Gasteiger partial charge >= 0.3 is 0 Å². The maximum absolute atomic E-state index is 11.7. The quantitative estimate of drug-likeness (QED) is 0.796. The van der Waals surface area contributed by atoms with Gasteiger partial charge < -0.3 is 15.3 Å².